The third kappa shape index (κ3) is 6.19. The number of anilines is 1. The number of alkyl halides is 3. The molecule has 0 saturated carbocycles. The average molecular weight is 454 g/mol. The molecule has 9 nitrogen and oxygen atoms in total. The van der Waals surface area contributed by atoms with Gasteiger partial charge in [0, 0.05) is 50.9 Å². The minimum atomic E-state index is -4.49. The Bertz CT molecular complexity index is 948. The van der Waals surface area contributed by atoms with E-state index < -0.39 is 23.9 Å². The molecule has 2 amide bonds. The maximum Gasteiger partial charge on any atom is 0.433 e. The molecule has 174 valence electrons. The number of halogens is 3. The van der Waals surface area contributed by atoms with Crippen LogP contribution in [0.2, 0.25) is 0 Å². The molecule has 1 saturated heterocycles. The second-order valence-electron chi connectivity index (χ2n) is 7.14. The number of pyridine rings is 2. The summed E-state index contributed by atoms with van der Waals surface area (Å²) < 4.78 is 43.5. The van der Waals surface area contributed by atoms with Crippen molar-refractivity contribution in [2.45, 2.75) is 13.1 Å². The highest BCUT2D eigenvalue weighted by molar-refractivity contribution is 5.89. The first-order valence-electron chi connectivity index (χ1n) is 10.3. The van der Waals surface area contributed by atoms with E-state index in [0.717, 1.165) is 6.07 Å². The SMILES string of the molecule is CCOC(=O)CNC(=O)NCCN1CCN(c2nccc3nc(C(F)(F)F)ccc23)CC1. The van der Waals surface area contributed by atoms with E-state index in [4.69, 9.17) is 4.74 Å². The third-order valence-electron chi connectivity index (χ3n) is 4.97. The molecule has 1 fully saturated rings. The zero-order chi connectivity index (χ0) is 23.1. The second-order valence-corrected chi connectivity index (χ2v) is 7.14. The molecule has 1 aliphatic rings. The molecule has 0 radical (unpaired) electrons. The number of aromatic nitrogens is 2. The monoisotopic (exact) mass is 454 g/mol. The fourth-order valence-electron chi connectivity index (χ4n) is 3.39. The van der Waals surface area contributed by atoms with Gasteiger partial charge in [-0.15, -0.1) is 0 Å². The first-order valence-corrected chi connectivity index (χ1v) is 10.3. The molecule has 3 rings (SSSR count). The van der Waals surface area contributed by atoms with Crippen LogP contribution in [0.25, 0.3) is 10.9 Å². The number of urea groups is 1. The standard InChI is InChI=1S/C20H25F3N6O3/c1-2-32-17(30)13-26-19(31)25-7-8-28-9-11-29(12-10-28)18-14-3-4-16(20(21,22)23)27-15(14)5-6-24-18/h3-6H,2,7-13H2,1H3,(H2,25,26,31). The fraction of sp³-hybridized carbons (Fsp3) is 0.500. The van der Waals surface area contributed by atoms with Gasteiger partial charge in [-0.25, -0.2) is 14.8 Å². The molecular weight excluding hydrogens is 429 g/mol. The van der Waals surface area contributed by atoms with Gasteiger partial charge in [-0.3, -0.25) is 9.69 Å². The van der Waals surface area contributed by atoms with E-state index in [1.165, 1.54) is 18.3 Å². The number of carbonyl (C=O) groups is 2. The summed E-state index contributed by atoms with van der Waals surface area (Å²) in [6.07, 6.45) is -3.02. The first kappa shape index (κ1) is 23.5. The van der Waals surface area contributed by atoms with Gasteiger partial charge in [0.25, 0.3) is 0 Å². The van der Waals surface area contributed by atoms with Gasteiger partial charge in [0.15, 0.2) is 0 Å². The zero-order valence-electron chi connectivity index (χ0n) is 17.6. The van der Waals surface area contributed by atoms with Gasteiger partial charge in [0.05, 0.1) is 12.1 Å². The van der Waals surface area contributed by atoms with Gasteiger partial charge in [-0.05, 0) is 25.1 Å². The van der Waals surface area contributed by atoms with Crippen molar-refractivity contribution in [3.63, 3.8) is 0 Å². The maximum atomic E-state index is 12.9. The number of amides is 2. The van der Waals surface area contributed by atoms with E-state index in [2.05, 4.69) is 25.5 Å². The van der Waals surface area contributed by atoms with Crippen LogP contribution in [0.3, 0.4) is 0 Å². The van der Waals surface area contributed by atoms with Crippen molar-refractivity contribution in [2.75, 3.05) is 57.3 Å². The highest BCUT2D eigenvalue weighted by atomic mass is 19.4. The van der Waals surface area contributed by atoms with Crippen molar-refractivity contribution in [2.24, 2.45) is 0 Å². The Kier molecular flexibility index (Phi) is 7.67. The molecule has 3 heterocycles. The normalized spacial score (nSPS) is 14.9. The summed E-state index contributed by atoms with van der Waals surface area (Å²) in [5.74, 6) is 0.116. The smallest absolute Gasteiger partial charge is 0.433 e. The van der Waals surface area contributed by atoms with E-state index in [9.17, 15) is 22.8 Å². The molecule has 2 aromatic rings. The summed E-state index contributed by atoms with van der Waals surface area (Å²) in [5, 5.41) is 5.69. The number of nitrogens with zero attached hydrogens (tertiary/aromatic N) is 4. The number of rotatable bonds is 7. The number of esters is 1. The lowest BCUT2D eigenvalue weighted by molar-refractivity contribution is -0.142. The summed E-state index contributed by atoms with van der Waals surface area (Å²) in [7, 11) is 0. The molecule has 1 aliphatic heterocycles. The molecule has 0 unspecified atom stereocenters. The first-order chi connectivity index (χ1) is 15.3. The van der Waals surface area contributed by atoms with Gasteiger partial charge in [0.2, 0.25) is 0 Å². The Hall–Kier alpha value is -3.15. The van der Waals surface area contributed by atoms with Crippen LogP contribution in [0, 0.1) is 0 Å². The lowest BCUT2D eigenvalue weighted by atomic mass is 10.2. The van der Waals surface area contributed by atoms with Crippen LogP contribution in [0.4, 0.5) is 23.8 Å². The van der Waals surface area contributed by atoms with Crippen molar-refractivity contribution in [3.8, 4) is 0 Å². The molecule has 0 aliphatic carbocycles. The fourth-order valence-corrected chi connectivity index (χ4v) is 3.39. The molecule has 0 atom stereocenters. The van der Waals surface area contributed by atoms with Gasteiger partial charge < -0.3 is 20.3 Å². The lowest BCUT2D eigenvalue weighted by Gasteiger charge is -2.35. The average Bonchev–Trinajstić information content (AvgIpc) is 2.77. The highest BCUT2D eigenvalue weighted by Crippen LogP contribution is 2.31. The number of ether oxygens (including phenoxy) is 1. The molecular formula is C20H25F3N6O3. The number of piperazine rings is 1. The molecule has 0 aromatic carbocycles. The summed E-state index contributed by atoms with van der Waals surface area (Å²) in [5.41, 5.74) is -0.670. The van der Waals surface area contributed by atoms with Crippen molar-refractivity contribution in [1.29, 1.82) is 0 Å². The number of fused-ring (bicyclic) bond motifs is 1. The van der Waals surface area contributed by atoms with Crippen molar-refractivity contribution in [3.05, 3.63) is 30.1 Å². The predicted octanol–water partition coefficient (Wildman–Crippen LogP) is 1.63. The maximum absolute atomic E-state index is 12.9. The van der Waals surface area contributed by atoms with E-state index in [1.807, 2.05) is 4.90 Å². The van der Waals surface area contributed by atoms with E-state index in [1.54, 1.807) is 6.92 Å². The predicted molar refractivity (Wildman–Crippen MR) is 111 cm³/mol. The largest absolute Gasteiger partial charge is 0.465 e. The Morgan fingerprint density at radius 3 is 2.56 bits per heavy atom. The molecule has 2 N–H and O–H groups in total. The Morgan fingerprint density at radius 1 is 1.12 bits per heavy atom. The van der Waals surface area contributed by atoms with E-state index in [-0.39, 0.29) is 18.7 Å². The number of hydrogen-bond donors (Lipinski definition) is 2. The summed E-state index contributed by atoms with van der Waals surface area (Å²) >= 11 is 0. The molecule has 32 heavy (non-hydrogen) atoms. The van der Waals surface area contributed by atoms with Crippen LogP contribution in [0.15, 0.2) is 24.4 Å². The van der Waals surface area contributed by atoms with Crippen molar-refractivity contribution < 1.29 is 27.5 Å². The molecule has 12 heteroatoms. The van der Waals surface area contributed by atoms with Crippen LogP contribution >= 0.6 is 0 Å². The van der Waals surface area contributed by atoms with Crippen molar-refractivity contribution >= 4 is 28.7 Å². The zero-order valence-corrected chi connectivity index (χ0v) is 17.6. The number of nitrogens with one attached hydrogen (secondary N) is 2. The topological polar surface area (TPSA) is 99.7 Å². The van der Waals surface area contributed by atoms with Gasteiger partial charge in [-0.2, -0.15) is 13.2 Å². The Morgan fingerprint density at radius 2 is 1.88 bits per heavy atom. The molecule has 0 bridgehead atoms. The van der Waals surface area contributed by atoms with E-state index in [0.29, 0.717) is 50.5 Å². The molecule has 2 aromatic heterocycles. The van der Waals surface area contributed by atoms with Crippen LogP contribution in [0.1, 0.15) is 12.6 Å². The Balaban J connectivity index is 1.48. The number of carbonyl (C=O) groups excluding carboxylic acids is 2. The van der Waals surface area contributed by atoms with Crippen LogP contribution in [0.5, 0.6) is 0 Å². The summed E-state index contributed by atoms with van der Waals surface area (Å²) in [4.78, 5) is 35.2. The van der Waals surface area contributed by atoms with Crippen LogP contribution < -0.4 is 15.5 Å². The van der Waals surface area contributed by atoms with Crippen LogP contribution in [-0.4, -0.2) is 79.3 Å². The van der Waals surface area contributed by atoms with Gasteiger partial charge in [0.1, 0.15) is 18.1 Å². The van der Waals surface area contributed by atoms with Gasteiger partial charge >= 0.3 is 18.2 Å². The van der Waals surface area contributed by atoms with Crippen LogP contribution in [-0.2, 0) is 15.7 Å². The quantitative estimate of drug-likeness (QED) is 0.614. The third-order valence-corrected chi connectivity index (χ3v) is 4.97. The summed E-state index contributed by atoms with van der Waals surface area (Å²) in [6, 6.07) is 3.42. The van der Waals surface area contributed by atoms with Gasteiger partial charge in [-0.1, -0.05) is 0 Å². The lowest BCUT2D eigenvalue weighted by Crippen LogP contribution is -2.49. The second kappa shape index (κ2) is 10.4. The minimum Gasteiger partial charge on any atom is -0.465 e. The highest BCUT2D eigenvalue weighted by Gasteiger charge is 2.32. The molecule has 0 spiro atoms. The Labute approximate surface area is 182 Å². The minimum absolute atomic E-state index is 0.185. The van der Waals surface area contributed by atoms with E-state index >= 15 is 0 Å². The number of hydrogen-bond acceptors (Lipinski definition) is 7. The van der Waals surface area contributed by atoms with Crippen molar-refractivity contribution in [1.82, 2.24) is 25.5 Å². The summed E-state index contributed by atoms with van der Waals surface area (Å²) in [6.45, 7) is 5.49.